The van der Waals surface area contributed by atoms with E-state index < -0.39 is 5.41 Å². The highest BCUT2D eigenvalue weighted by Gasteiger charge is 2.24. The number of aromatic hydroxyl groups is 1. The van der Waals surface area contributed by atoms with Gasteiger partial charge in [0.2, 0.25) is 0 Å². The van der Waals surface area contributed by atoms with Gasteiger partial charge in [-0.3, -0.25) is 4.79 Å². The van der Waals surface area contributed by atoms with Crippen molar-refractivity contribution in [1.29, 1.82) is 0 Å². The van der Waals surface area contributed by atoms with Gasteiger partial charge >= 0.3 is 5.97 Å². The largest absolute Gasteiger partial charge is 0.507 e. The van der Waals surface area contributed by atoms with Gasteiger partial charge in [-0.05, 0) is 32.9 Å². The predicted octanol–water partition coefficient (Wildman–Crippen LogP) is 4.01. The van der Waals surface area contributed by atoms with Crippen molar-refractivity contribution in [3.05, 3.63) is 48.5 Å². The summed E-state index contributed by atoms with van der Waals surface area (Å²) < 4.78 is 5.47. The zero-order valence-corrected chi connectivity index (χ0v) is 11.9. The minimum atomic E-state index is -0.578. The van der Waals surface area contributed by atoms with Gasteiger partial charge in [-0.25, -0.2) is 0 Å². The van der Waals surface area contributed by atoms with Gasteiger partial charge in [-0.1, -0.05) is 36.4 Å². The Bertz CT molecular complexity index is 624. The smallest absolute Gasteiger partial charge is 0.316 e. The van der Waals surface area contributed by atoms with Crippen LogP contribution in [0.4, 0.5) is 0 Å². The normalized spacial score (nSPS) is 11.2. The Morgan fingerprint density at radius 2 is 1.50 bits per heavy atom. The second kappa shape index (κ2) is 5.37. The second-order valence-corrected chi connectivity index (χ2v) is 5.65. The fraction of sp³-hybridized carbons (Fsp3) is 0.235. The molecule has 2 aromatic rings. The summed E-state index contributed by atoms with van der Waals surface area (Å²) in [6.45, 7) is 5.41. The Kier molecular flexibility index (Phi) is 3.79. The molecule has 0 unspecified atom stereocenters. The van der Waals surface area contributed by atoms with Crippen molar-refractivity contribution in [3.8, 4) is 22.6 Å². The Morgan fingerprint density at radius 3 is 2.10 bits per heavy atom. The van der Waals surface area contributed by atoms with Crippen LogP contribution < -0.4 is 4.74 Å². The maximum atomic E-state index is 12.0. The SMILES string of the molecule is CC(C)(C)C(=O)Oc1ccccc1-c1ccccc1O. The molecule has 0 saturated heterocycles. The molecule has 0 saturated carbocycles. The number of hydrogen-bond donors (Lipinski definition) is 1. The molecule has 0 bridgehead atoms. The first-order chi connectivity index (χ1) is 9.39. The van der Waals surface area contributed by atoms with E-state index in [1.54, 1.807) is 51.1 Å². The first-order valence-electron chi connectivity index (χ1n) is 6.49. The highest BCUT2D eigenvalue weighted by atomic mass is 16.5. The maximum Gasteiger partial charge on any atom is 0.316 e. The molecule has 2 rings (SSSR count). The summed E-state index contributed by atoms with van der Waals surface area (Å²) in [4.78, 5) is 12.0. The monoisotopic (exact) mass is 270 g/mol. The van der Waals surface area contributed by atoms with E-state index in [2.05, 4.69) is 0 Å². The fourth-order valence-electron chi connectivity index (χ4n) is 1.73. The van der Waals surface area contributed by atoms with Gasteiger partial charge in [0.15, 0.2) is 0 Å². The molecule has 104 valence electrons. The summed E-state index contributed by atoms with van der Waals surface area (Å²) in [5.41, 5.74) is 0.763. The quantitative estimate of drug-likeness (QED) is 0.662. The van der Waals surface area contributed by atoms with E-state index in [1.807, 2.05) is 18.2 Å². The molecule has 0 aliphatic rings. The lowest BCUT2D eigenvalue weighted by molar-refractivity contribution is -0.142. The highest BCUT2D eigenvalue weighted by molar-refractivity contribution is 5.82. The predicted molar refractivity (Wildman–Crippen MR) is 78.6 cm³/mol. The molecule has 3 heteroatoms. The Balaban J connectivity index is 2.42. The lowest BCUT2D eigenvalue weighted by Gasteiger charge is -2.18. The van der Waals surface area contributed by atoms with E-state index in [9.17, 15) is 9.90 Å². The summed E-state index contributed by atoms with van der Waals surface area (Å²) in [5, 5.41) is 9.94. The summed E-state index contributed by atoms with van der Waals surface area (Å²) in [6, 6.07) is 14.2. The molecule has 0 radical (unpaired) electrons. The molecule has 20 heavy (non-hydrogen) atoms. The average Bonchev–Trinajstić information content (AvgIpc) is 2.39. The van der Waals surface area contributed by atoms with Crippen molar-refractivity contribution >= 4 is 5.97 Å². The summed E-state index contributed by atoms with van der Waals surface area (Å²) >= 11 is 0. The van der Waals surface area contributed by atoms with Crippen molar-refractivity contribution in [2.24, 2.45) is 5.41 Å². The van der Waals surface area contributed by atoms with Crippen molar-refractivity contribution in [2.45, 2.75) is 20.8 Å². The molecule has 0 heterocycles. The van der Waals surface area contributed by atoms with Gasteiger partial charge in [-0.15, -0.1) is 0 Å². The summed E-state index contributed by atoms with van der Waals surface area (Å²) in [5.74, 6) is 0.307. The van der Waals surface area contributed by atoms with E-state index in [4.69, 9.17) is 4.74 Å². The third-order valence-corrected chi connectivity index (χ3v) is 2.90. The van der Waals surface area contributed by atoms with E-state index in [1.165, 1.54) is 0 Å². The van der Waals surface area contributed by atoms with Crippen LogP contribution in [0.25, 0.3) is 11.1 Å². The van der Waals surface area contributed by atoms with Crippen molar-refractivity contribution < 1.29 is 14.6 Å². The van der Waals surface area contributed by atoms with Crippen LogP contribution in [0.5, 0.6) is 11.5 Å². The van der Waals surface area contributed by atoms with Gasteiger partial charge in [0.25, 0.3) is 0 Å². The molecule has 2 aromatic carbocycles. The van der Waals surface area contributed by atoms with Crippen molar-refractivity contribution in [3.63, 3.8) is 0 Å². The Hall–Kier alpha value is -2.29. The third-order valence-electron chi connectivity index (χ3n) is 2.90. The van der Waals surface area contributed by atoms with E-state index in [0.717, 1.165) is 0 Å². The van der Waals surface area contributed by atoms with Crippen LogP contribution in [0.1, 0.15) is 20.8 Å². The van der Waals surface area contributed by atoms with Gasteiger partial charge < -0.3 is 9.84 Å². The number of phenolic OH excluding ortho intramolecular Hbond substituents is 1. The van der Waals surface area contributed by atoms with Crippen LogP contribution >= 0.6 is 0 Å². The Labute approximate surface area is 118 Å². The number of carbonyl (C=O) groups excluding carboxylic acids is 1. The van der Waals surface area contributed by atoms with Crippen LogP contribution in [0, 0.1) is 5.41 Å². The number of rotatable bonds is 2. The van der Waals surface area contributed by atoms with Crippen LogP contribution in [-0.2, 0) is 4.79 Å². The van der Waals surface area contributed by atoms with Gasteiger partial charge in [0, 0.05) is 11.1 Å². The van der Waals surface area contributed by atoms with Crippen molar-refractivity contribution in [2.75, 3.05) is 0 Å². The molecule has 1 N–H and O–H groups in total. The van der Waals surface area contributed by atoms with Crippen LogP contribution in [0.3, 0.4) is 0 Å². The van der Waals surface area contributed by atoms with E-state index >= 15 is 0 Å². The number of ether oxygens (including phenoxy) is 1. The molecule has 0 aromatic heterocycles. The van der Waals surface area contributed by atoms with Crippen LogP contribution in [0.15, 0.2) is 48.5 Å². The van der Waals surface area contributed by atoms with Crippen molar-refractivity contribution in [1.82, 2.24) is 0 Å². The Morgan fingerprint density at radius 1 is 0.950 bits per heavy atom. The third kappa shape index (κ3) is 2.99. The summed E-state index contributed by atoms with van der Waals surface area (Å²) in [6.07, 6.45) is 0. The first-order valence-corrected chi connectivity index (χ1v) is 6.49. The summed E-state index contributed by atoms with van der Waals surface area (Å²) in [7, 11) is 0. The van der Waals surface area contributed by atoms with Gasteiger partial charge in [-0.2, -0.15) is 0 Å². The standard InChI is InChI=1S/C17H18O3/c1-17(2,3)16(19)20-15-11-7-5-9-13(15)12-8-4-6-10-14(12)18/h4-11,18H,1-3H3. The van der Waals surface area contributed by atoms with Gasteiger partial charge in [0.05, 0.1) is 5.41 Å². The number of esters is 1. The molecule has 0 atom stereocenters. The molecular formula is C17H18O3. The minimum Gasteiger partial charge on any atom is -0.507 e. The number of benzene rings is 2. The molecule has 0 fully saturated rings. The molecule has 0 spiro atoms. The molecule has 0 aliphatic heterocycles. The molecular weight excluding hydrogens is 252 g/mol. The molecule has 3 nitrogen and oxygen atoms in total. The average molecular weight is 270 g/mol. The van der Waals surface area contributed by atoms with E-state index in [-0.39, 0.29) is 11.7 Å². The zero-order valence-electron chi connectivity index (χ0n) is 11.9. The molecule has 0 aliphatic carbocycles. The maximum absolute atomic E-state index is 12.0. The topological polar surface area (TPSA) is 46.5 Å². The lowest BCUT2D eigenvalue weighted by Crippen LogP contribution is -2.25. The number of hydrogen-bond acceptors (Lipinski definition) is 3. The number of phenols is 1. The second-order valence-electron chi connectivity index (χ2n) is 5.65. The number of carbonyl (C=O) groups is 1. The van der Waals surface area contributed by atoms with Gasteiger partial charge in [0.1, 0.15) is 11.5 Å². The molecule has 0 amide bonds. The fourth-order valence-corrected chi connectivity index (χ4v) is 1.73. The van der Waals surface area contributed by atoms with Crippen LogP contribution in [-0.4, -0.2) is 11.1 Å². The minimum absolute atomic E-state index is 0.159. The van der Waals surface area contributed by atoms with Crippen LogP contribution in [0.2, 0.25) is 0 Å². The highest BCUT2D eigenvalue weighted by Crippen LogP contribution is 2.36. The zero-order chi connectivity index (χ0) is 14.8. The lowest BCUT2D eigenvalue weighted by atomic mass is 9.97. The first kappa shape index (κ1) is 14.1. The number of para-hydroxylation sites is 2. The van der Waals surface area contributed by atoms with E-state index in [0.29, 0.717) is 16.9 Å².